The Morgan fingerprint density at radius 3 is 1.92 bits per heavy atom. The number of benzene rings is 4. The molecule has 1 heterocycles. The van der Waals surface area contributed by atoms with E-state index in [0.29, 0.717) is 23.6 Å². The average molecular weight is 503 g/mol. The van der Waals surface area contributed by atoms with E-state index < -0.39 is 4.92 Å². The highest BCUT2D eigenvalue weighted by molar-refractivity contribution is 5.94. The molecule has 0 aliphatic rings. The molecular weight excluding hydrogens is 476 g/mol. The average Bonchev–Trinajstić information content (AvgIpc) is 3.42. The second kappa shape index (κ2) is 11.3. The molecule has 0 unspecified atom stereocenters. The van der Waals surface area contributed by atoms with Crippen LogP contribution in [0, 0.1) is 10.1 Å². The predicted octanol–water partition coefficient (Wildman–Crippen LogP) is 6.40. The maximum Gasteiger partial charge on any atom is 0.270 e. The van der Waals surface area contributed by atoms with Crippen LogP contribution in [-0.4, -0.2) is 27.2 Å². The molecule has 1 aromatic heterocycles. The molecule has 5 rings (SSSR count). The number of aromatic nitrogens is 2. The molecule has 0 aliphatic carbocycles. The van der Waals surface area contributed by atoms with Crippen LogP contribution in [-0.2, 0) is 0 Å². The van der Waals surface area contributed by atoms with Crippen molar-refractivity contribution in [3.63, 3.8) is 0 Å². The van der Waals surface area contributed by atoms with Gasteiger partial charge in [0, 0.05) is 30.2 Å². The monoisotopic (exact) mass is 502 g/mol. The third-order valence-corrected chi connectivity index (χ3v) is 6.44. The van der Waals surface area contributed by atoms with Gasteiger partial charge in [0.1, 0.15) is 5.69 Å². The predicted molar refractivity (Wildman–Crippen MR) is 147 cm³/mol. The molecule has 5 aromatic rings. The van der Waals surface area contributed by atoms with E-state index in [-0.39, 0.29) is 17.5 Å². The zero-order chi connectivity index (χ0) is 26.3. The molecule has 4 aromatic carbocycles. The lowest BCUT2D eigenvalue weighted by Crippen LogP contribution is -2.28. The molecule has 1 N–H and O–H groups in total. The van der Waals surface area contributed by atoms with Crippen molar-refractivity contribution >= 4 is 11.6 Å². The number of rotatable bonds is 9. The summed E-state index contributed by atoms with van der Waals surface area (Å²) in [6.07, 6.45) is 0.719. The maximum absolute atomic E-state index is 13.4. The van der Waals surface area contributed by atoms with Gasteiger partial charge in [-0.05, 0) is 35.7 Å². The minimum atomic E-state index is -0.453. The number of nitrogens with one attached hydrogen (secondary N) is 1. The molecule has 0 atom stereocenters. The highest BCUT2D eigenvalue weighted by Gasteiger charge is 2.20. The molecule has 0 radical (unpaired) electrons. The molecule has 0 fully saturated rings. The summed E-state index contributed by atoms with van der Waals surface area (Å²) in [6, 6.07) is 37.9. The SMILES string of the molecule is O=C(NCCC(c1ccccc1)c1ccccc1)c1cc(-c2ccccc2)nn1-c1ccc([N+](=O)[O-])cc1. The molecule has 0 spiro atoms. The Kier molecular flexibility index (Phi) is 7.36. The zero-order valence-electron chi connectivity index (χ0n) is 20.6. The second-order valence-corrected chi connectivity index (χ2v) is 8.88. The lowest BCUT2D eigenvalue weighted by atomic mass is 9.88. The van der Waals surface area contributed by atoms with Crippen LogP contribution in [0.15, 0.2) is 121 Å². The Labute approximate surface area is 220 Å². The highest BCUT2D eigenvalue weighted by Crippen LogP contribution is 2.28. The number of hydrogen-bond acceptors (Lipinski definition) is 4. The van der Waals surface area contributed by atoms with Gasteiger partial charge in [-0.1, -0.05) is 91.0 Å². The Hall–Kier alpha value is -5.04. The van der Waals surface area contributed by atoms with Gasteiger partial charge < -0.3 is 5.32 Å². The van der Waals surface area contributed by atoms with Crippen molar-refractivity contribution in [2.24, 2.45) is 0 Å². The third kappa shape index (κ3) is 5.52. The Morgan fingerprint density at radius 2 is 1.37 bits per heavy atom. The van der Waals surface area contributed by atoms with Gasteiger partial charge in [0.25, 0.3) is 11.6 Å². The number of non-ortho nitro benzene ring substituents is 1. The number of carbonyl (C=O) groups is 1. The summed E-state index contributed by atoms with van der Waals surface area (Å²) in [6.45, 7) is 0.458. The van der Waals surface area contributed by atoms with Crippen LogP contribution in [0.1, 0.15) is 34.0 Å². The standard InChI is InChI=1S/C31H26N4O3/c36-31(32-21-20-28(23-10-4-1-5-11-23)24-12-6-2-7-13-24)30-22-29(25-14-8-3-9-15-25)33-34(30)26-16-18-27(19-17-26)35(37)38/h1-19,22,28H,20-21H2,(H,32,36). The summed E-state index contributed by atoms with van der Waals surface area (Å²) in [5.74, 6) is -0.130. The van der Waals surface area contributed by atoms with Crippen LogP contribution >= 0.6 is 0 Å². The van der Waals surface area contributed by atoms with E-state index in [4.69, 9.17) is 0 Å². The lowest BCUT2D eigenvalue weighted by molar-refractivity contribution is -0.384. The molecule has 0 saturated carbocycles. The molecule has 38 heavy (non-hydrogen) atoms. The molecule has 0 saturated heterocycles. The first-order chi connectivity index (χ1) is 18.6. The number of nitro benzene ring substituents is 1. The number of nitro groups is 1. The molecule has 1 amide bonds. The fourth-order valence-electron chi connectivity index (χ4n) is 4.52. The minimum absolute atomic E-state index is 0.0249. The first-order valence-electron chi connectivity index (χ1n) is 12.4. The number of amides is 1. The van der Waals surface area contributed by atoms with Crippen molar-refractivity contribution in [1.29, 1.82) is 0 Å². The summed E-state index contributed by atoms with van der Waals surface area (Å²) in [7, 11) is 0. The van der Waals surface area contributed by atoms with Crippen molar-refractivity contribution in [3.05, 3.63) is 148 Å². The van der Waals surface area contributed by atoms with Crippen molar-refractivity contribution in [1.82, 2.24) is 15.1 Å². The van der Waals surface area contributed by atoms with E-state index in [1.165, 1.54) is 27.9 Å². The van der Waals surface area contributed by atoms with Crippen molar-refractivity contribution in [3.8, 4) is 16.9 Å². The highest BCUT2D eigenvalue weighted by atomic mass is 16.6. The van der Waals surface area contributed by atoms with Crippen LogP contribution in [0.4, 0.5) is 5.69 Å². The third-order valence-electron chi connectivity index (χ3n) is 6.44. The van der Waals surface area contributed by atoms with Gasteiger partial charge >= 0.3 is 0 Å². The van der Waals surface area contributed by atoms with Crippen LogP contribution in [0.25, 0.3) is 16.9 Å². The first-order valence-corrected chi connectivity index (χ1v) is 12.4. The Morgan fingerprint density at radius 1 is 0.816 bits per heavy atom. The van der Waals surface area contributed by atoms with E-state index in [1.807, 2.05) is 66.7 Å². The van der Waals surface area contributed by atoms with E-state index >= 15 is 0 Å². The van der Waals surface area contributed by atoms with E-state index in [2.05, 4.69) is 34.7 Å². The van der Waals surface area contributed by atoms with Crippen molar-refractivity contribution in [2.45, 2.75) is 12.3 Å². The fraction of sp³-hybridized carbons (Fsp3) is 0.0968. The molecule has 188 valence electrons. The van der Waals surface area contributed by atoms with E-state index in [0.717, 1.165) is 12.0 Å². The summed E-state index contributed by atoms with van der Waals surface area (Å²) in [5, 5.41) is 18.8. The smallest absolute Gasteiger partial charge is 0.270 e. The van der Waals surface area contributed by atoms with Crippen LogP contribution in [0.3, 0.4) is 0 Å². The number of nitrogens with zero attached hydrogens (tertiary/aromatic N) is 3. The molecule has 7 nitrogen and oxygen atoms in total. The van der Waals surface area contributed by atoms with Gasteiger partial charge in [-0.3, -0.25) is 14.9 Å². The fourth-order valence-corrected chi connectivity index (χ4v) is 4.52. The summed E-state index contributed by atoms with van der Waals surface area (Å²) in [4.78, 5) is 24.1. The second-order valence-electron chi connectivity index (χ2n) is 8.88. The van der Waals surface area contributed by atoms with Crippen LogP contribution in [0.5, 0.6) is 0 Å². The summed E-state index contributed by atoms with van der Waals surface area (Å²) in [5.41, 5.74) is 4.78. The quantitative estimate of drug-likeness (QED) is 0.187. The molecule has 0 aliphatic heterocycles. The summed E-state index contributed by atoms with van der Waals surface area (Å²) < 4.78 is 1.53. The van der Waals surface area contributed by atoms with Gasteiger partial charge in [0.15, 0.2) is 0 Å². The largest absolute Gasteiger partial charge is 0.351 e. The number of carbonyl (C=O) groups excluding carboxylic acids is 1. The first kappa shape index (κ1) is 24.6. The van der Waals surface area contributed by atoms with Gasteiger partial charge in [-0.15, -0.1) is 0 Å². The van der Waals surface area contributed by atoms with Crippen molar-refractivity contribution < 1.29 is 9.72 Å². The summed E-state index contributed by atoms with van der Waals surface area (Å²) >= 11 is 0. The van der Waals surface area contributed by atoms with Gasteiger partial charge in [-0.2, -0.15) is 5.10 Å². The normalized spacial score (nSPS) is 10.9. The maximum atomic E-state index is 13.4. The van der Waals surface area contributed by atoms with Gasteiger partial charge in [0.2, 0.25) is 0 Å². The minimum Gasteiger partial charge on any atom is -0.351 e. The van der Waals surface area contributed by atoms with Crippen LogP contribution in [0.2, 0.25) is 0 Å². The Bertz CT molecular complexity index is 1480. The van der Waals surface area contributed by atoms with Crippen LogP contribution < -0.4 is 5.32 Å². The lowest BCUT2D eigenvalue weighted by Gasteiger charge is -2.18. The molecule has 0 bridgehead atoms. The zero-order valence-corrected chi connectivity index (χ0v) is 20.6. The van der Waals surface area contributed by atoms with Gasteiger partial charge in [-0.25, -0.2) is 4.68 Å². The number of hydrogen-bond donors (Lipinski definition) is 1. The Balaban J connectivity index is 1.40. The van der Waals surface area contributed by atoms with Crippen molar-refractivity contribution in [2.75, 3.05) is 6.54 Å². The topological polar surface area (TPSA) is 90.1 Å². The van der Waals surface area contributed by atoms with E-state index in [1.54, 1.807) is 18.2 Å². The van der Waals surface area contributed by atoms with E-state index in [9.17, 15) is 14.9 Å². The molecular formula is C31H26N4O3. The van der Waals surface area contributed by atoms with Gasteiger partial charge in [0.05, 0.1) is 16.3 Å². The molecule has 7 heteroatoms.